The zero-order valence-corrected chi connectivity index (χ0v) is 9.05. The number of imidazole rings is 1. The number of hydrogen-bond donors (Lipinski definition) is 1. The summed E-state index contributed by atoms with van der Waals surface area (Å²) in [7, 11) is 0. The maximum atomic E-state index is 10.4. The molecule has 0 aliphatic carbocycles. The van der Waals surface area contributed by atoms with Gasteiger partial charge in [0.15, 0.2) is 0 Å². The van der Waals surface area contributed by atoms with Gasteiger partial charge in [-0.15, -0.1) is 0 Å². The third-order valence-electron chi connectivity index (χ3n) is 2.38. The summed E-state index contributed by atoms with van der Waals surface area (Å²) in [6, 6.07) is 0. The maximum absolute atomic E-state index is 10.4. The number of hydrogen-bond acceptors (Lipinski definition) is 3. The van der Waals surface area contributed by atoms with Crippen LogP contribution < -0.4 is 9.67 Å². The van der Waals surface area contributed by atoms with Crippen molar-refractivity contribution in [1.29, 1.82) is 0 Å². The average molecular weight is 226 g/mol. The molecule has 0 bridgehead atoms. The van der Waals surface area contributed by atoms with E-state index in [9.17, 15) is 14.7 Å². The molecule has 0 saturated carbocycles. The first-order valence-corrected chi connectivity index (χ1v) is 4.97. The molecule has 0 radical (unpaired) electrons. The van der Waals surface area contributed by atoms with Crippen LogP contribution in [0.3, 0.4) is 0 Å². The van der Waals surface area contributed by atoms with Gasteiger partial charge in [-0.1, -0.05) is 0 Å². The first kappa shape index (κ1) is 12.2. The predicted molar refractivity (Wildman–Crippen MR) is 51.2 cm³/mol. The Morgan fingerprint density at radius 3 is 2.75 bits per heavy atom. The molecule has 16 heavy (non-hydrogen) atoms. The minimum absolute atomic E-state index is 0.0472. The molecule has 1 aromatic heterocycles. The van der Waals surface area contributed by atoms with Crippen LogP contribution in [0.25, 0.3) is 0 Å². The topological polar surface area (TPSA) is 86.2 Å². The molecule has 1 rings (SSSR count). The Morgan fingerprint density at radius 2 is 2.19 bits per heavy atom. The van der Waals surface area contributed by atoms with Gasteiger partial charge < -0.3 is 15.0 Å². The van der Waals surface area contributed by atoms with E-state index in [4.69, 9.17) is 5.11 Å². The molecule has 0 aromatic carbocycles. The van der Waals surface area contributed by atoms with Crippen LogP contribution in [0.2, 0.25) is 0 Å². The number of nitrogens with zero attached hydrogens (tertiary/aromatic N) is 2. The van der Waals surface area contributed by atoms with Crippen LogP contribution in [0.1, 0.15) is 18.7 Å². The fourth-order valence-corrected chi connectivity index (χ4v) is 1.44. The Morgan fingerprint density at radius 1 is 1.50 bits per heavy atom. The molecule has 0 unspecified atom stereocenters. The number of aliphatic carboxylic acids is 2. The van der Waals surface area contributed by atoms with Gasteiger partial charge in [-0.2, -0.15) is 0 Å². The Balaban J connectivity index is 2.61. The Labute approximate surface area is 92.7 Å². The highest BCUT2D eigenvalue weighted by molar-refractivity contribution is 5.66. The van der Waals surface area contributed by atoms with Crippen LogP contribution >= 0.6 is 0 Å². The second-order valence-corrected chi connectivity index (χ2v) is 3.50. The van der Waals surface area contributed by atoms with Crippen LogP contribution in [0.5, 0.6) is 0 Å². The van der Waals surface area contributed by atoms with Gasteiger partial charge in [0.05, 0.1) is 13.0 Å². The lowest BCUT2D eigenvalue weighted by Gasteiger charge is -2.01. The summed E-state index contributed by atoms with van der Waals surface area (Å²) in [6.45, 7) is 2.55. The quantitative estimate of drug-likeness (QED) is 0.611. The van der Waals surface area contributed by atoms with Crippen molar-refractivity contribution in [1.82, 2.24) is 4.57 Å². The van der Waals surface area contributed by atoms with Crippen molar-refractivity contribution in [2.75, 3.05) is 0 Å². The normalized spacial score (nSPS) is 10.3. The number of aromatic nitrogens is 2. The largest absolute Gasteiger partial charge is 0.550 e. The maximum Gasteiger partial charge on any atom is 0.307 e. The van der Waals surface area contributed by atoms with Gasteiger partial charge in [0, 0.05) is 19.3 Å². The van der Waals surface area contributed by atoms with E-state index < -0.39 is 11.9 Å². The number of carboxylic acids is 2. The molecule has 0 amide bonds. The molecule has 0 spiro atoms. The zero-order chi connectivity index (χ0) is 12.1. The number of aryl methyl sites for hydroxylation is 2. The third-order valence-corrected chi connectivity index (χ3v) is 2.38. The number of rotatable bonds is 6. The average Bonchev–Trinajstić information content (AvgIpc) is 2.53. The van der Waals surface area contributed by atoms with Crippen LogP contribution in [-0.4, -0.2) is 21.6 Å². The highest BCUT2D eigenvalue weighted by Crippen LogP contribution is 1.97. The molecule has 6 heteroatoms. The first-order valence-electron chi connectivity index (χ1n) is 4.97. The van der Waals surface area contributed by atoms with E-state index in [1.54, 1.807) is 21.5 Å². The van der Waals surface area contributed by atoms with Crippen molar-refractivity contribution in [2.24, 2.45) is 0 Å². The third kappa shape index (κ3) is 3.38. The zero-order valence-electron chi connectivity index (χ0n) is 9.05. The van der Waals surface area contributed by atoms with Gasteiger partial charge in [0.1, 0.15) is 18.9 Å². The van der Waals surface area contributed by atoms with Gasteiger partial charge in [0.2, 0.25) is 0 Å². The summed E-state index contributed by atoms with van der Waals surface area (Å²) in [4.78, 5) is 20.7. The first-order chi connectivity index (χ1) is 7.50. The van der Waals surface area contributed by atoms with Gasteiger partial charge >= 0.3 is 5.97 Å². The number of carbonyl (C=O) groups is 2. The van der Waals surface area contributed by atoms with Crippen LogP contribution in [-0.2, 0) is 22.7 Å². The fourth-order valence-electron chi connectivity index (χ4n) is 1.44. The van der Waals surface area contributed by atoms with E-state index in [-0.39, 0.29) is 12.8 Å². The van der Waals surface area contributed by atoms with Gasteiger partial charge in [-0.25, -0.2) is 9.13 Å². The molecule has 6 nitrogen and oxygen atoms in total. The molecule has 0 fully saturated rings. The SMILES string of the molecule is Cc1n(CCC(=O)O)cc[n+]1CCC(=O)[O-]. The number of carboxylic acid groups (broad SMARTS) is 2. The van der Waals surface area contributed by atoms with E-state index in [1.165, 1.54) is 0 Å². The molecular formula is C10H14N2O4. The van der Waals surface area contributed by atoms with Gasteiger partial charge in [0.25, 0.3) is 5.82 Å². The highest BCUT2D eigenvalue weighted by Gasteiger charge is 2.12. The molecule has 0 aliphatic heterocycles. The molecule has 1 N–H and O–H groups in total. The van der Waals surface area contributed by atoms with Gasteiger partial charge in [-0.05, 0) is 0 Å². The molecular weight excluding hydrogens is 212 g/mol. The van der Waals surface area contributed by atoms with Crippen molar-refractivity contribution in [2.45, 2.75) is 32.9 Å². The van der Waals surface area contributed by atoms with Gasteiger partial charge in [-0.3, -0.25) is 4.79 Å². The summed E-state index contributed by atoms with van der Waals surface area (Å²) in [5.74, 6) is -1.11. The van der Waals surface area contributed by atoms with E-state index in [1.807, 2.05) is 6.92 Å². The summed E-state index contributed by atoms with van der Waals surface area (Å²) < 4.78 is 3.54. The second kappa shape index (κ2) is 5.29. The van der Waals surface area contributed by atoms with E-state index >= 15 is 0 Å². The summed E-state index contributed by atoms with van der Waals surface area (Å²) in [5.41, 5.74) is 0. The predicted octanol–water partition coefficient (Wildman–Crippen LogP) is -1.30. The highest BCUT2D eigenvalue weighted by atomic mass is 16.4. The van der Waals surface area contributed by atoms with Crippen molar-refractivity contribution in [3.8, 4) is 0 Å². The lowest BCUT2D eigenvalue weighted by molar-refractivity contribution is -0.702. The van der Waals surface area contributed by atoms with E-state index in [2.05, 4.69) is 0 Å². The van der Waals surface area contributed by atoms with Crippen LogP contribution in [0.15, 0.2) is 12.4 Å². The smallest absolute Gasteiger partial charge is 0.307 e. The summed E-state index contributed by atoms with van der Waals surface area (Å²) >= 11 is 0. The lowest BCUT2D eigenvalue weighted by Crippen LogP contribution is -2.38. The van der Waals surface area contributed by atoms with Crippen molar-refractivity contribution >= 4 is 11.9 Å². The van der Waals surface area contributed by atoms with Crippen LogP contribution in [0.4, 0.5) is 0 Å². The Kier molecular flexibility index (Phi) is 4.04. The molecule has 1 heterocycles. The molecule has 0 saturated heterocycles. The lowest BCUT2D eigenvalue weighted by atomic mass is 10.4. The summed E-state index contributed by atoms with van der Waals surface area (Å²) in [5, 5.41) is 18.8. The molecule has 1 aromatic rings. The summed E-state index contributed by atoms with van der Waals surface area (Å²) in [6.07, 6.45) is 3.48. The van der Waals surface area contributed by atoms with E-state index in [0.717, 1.165) is 5.82 Å². The second-order valence-electron chi connectivity index (χ2n) is 3.50. The monoisotopic (exact) mass is 226 g/mol. The fraction of sp³-hybridized carbons (Fsp3) is 0.500. The van der Waals surface area contributed by atoms with Crippen molar-refractivity contribution in [3.05, 3.63) is 18.2 Å². The standard InChI is InChI=1S/C10H14N2O4/c1-8-11(4-2-9(13)14)6-7-12(8)5-3-10(15)16/h6-7H,2-5H2,1H3,(H-,13,14,15,16). The minimum Gasteiger partial charge on any atom is -0.550 e. The Hall–Kier alpha value is -1.85. The molecule has 0 atom stereocenters. The molecule has 88 valence electrons. The van der Waals surface area contributed by atoms with Crippen molar-refractivity contribution < 1.29 is 24.4 Å². The minimum atomic E-state index is -1.09. The number of carbonyl (C=O) groups excluding carboxylic acids is 1. The Bertz CT molecular complexity index is 362. The van der Waals surface area contributed by atoms with Crippen molar-refractivity contribution in [3.63, 3.8) is 0 Å². The molecule has 0 aliphatic rings. The van der Waals surface area contributed by atoms with Crippen LogP contribution in [0, 0.1) is 6.92 Å². The van der Waals surface area contributed by atoms with E-state index in [0.29, 0.717) is 13.1 Å².